The summed E-state index contributed by atoms with van der Waals surface area (Å²) >= 11 is 3.15. The molecule has 1 aliphatic heterocycles. The third kappa shape index (κ3) is 3.38. The topological polar surface area (TPSA) is 98.9 Å². The van der Waals surface area contributed by atoms with Crippen LogP contribution in [0.5, 0.6) is 0 Å². The smallest absolute Gasteiger partial charge is 0.216 e. The van der Waals surface area contributed by atoms with E-state index in [1.807, 2.05) is 13.0 Å². The van der Waals surface area contributed by atoms with E-state index in [4.69, 9.17) is 20.2 Å². The summed E-state index contributed by atoms with van der Waals surface area (Å²) in [5, 5.41) is 11.2. The molecule has 4 aromatic heterocycles. The molecule has 5 rings (SSSR count). The zero-order chi connectivity index (χ0) is 20.8. The fourth-order valence-electron chi connectivity index (χ4n) is 3.77. The minimum atomic E-state index is 0.574. The Labute approximate surface area is 182 Å². The van der Waals surface area contributed by atoms with Gasteiger partial charge in [-0.25, -0.2) is 14.6 Å². The lowest BCUT2D eigenvalue weighted by atomic mass is 10.2. The highest BCUT2D eigenvalue weighted by Gasteiger charge is 2.22. The van der Waals surface area contributed by atoms with E-state index in [0.717, 1.165) is 52.0 Å². The number of hydrogen-bond acceptors (Lipinski definition) is 9. The van der Waals surface area contributed by atoms with Gasteiger partial charge in [0.1, 0.15) is 21.4 Å². The van der Waals surface area contributed by atoms with E-state index in [1.54, 1.807) is 17.6 Å². The van der Waals surface area contributed by atoms with Crippen molar-refractivity contribution in [2.45, 2.75) is 50.3 Å². The van der Waals surface area contributed by atoms with Gasteiger partial charge >= 0.3 is 0 Å². The largest absolute Gasteiger partial charge is 0.469 e. The second-order valence-electron chi connectivity index (χ2n) is 7.56. The van der Waals surface area contributed by atoms with Gasteiger partial charge in [0.2, 0.25) is 5.16 Å². The highest BCUT2D eigenvalue weighted by molar-refractivity contribution is 7.99. The van der Waals surface area contributed by atoms with Crippen molar-refractivity contribution in [1.82, 2.24) is 29.7 Å². The molecule has 0 atom stereocenters. The molecule has 1 saturated heterocycles. The number of nitrogens with two attached hydrogens (primary N) is 1. The Kier molecular flexibility index (Phi) is 5.00. The summed E-state index contributed by atoms with van der Waals surface area (Å²) in [6.07, 6.45) is 4.11. The average molecular weight is 442 g/mol. The molecule has 30 heavy (non-hydrogen) atoms. The van der Waals surface area contributed by atoms with Crippen molar-refractivity contribution >= 4 is 33.3 Å². The van der Waals surface area contributed by atoms with E-state index in [1.165, 1.54) is 39.7 Å². The second-order valence-corrected chi connectivity index (χ2v) is 9.72. The molecule has 5 heterocycles. The van der Waals surface area contributed by atoms with Crippen molar-refractivity contribution in [3.63, 3.8) is 0 Å². The number of nitrogens with zero attached hydrogens (tertiary/aromatic N) is 6. The lowest BCUT2D eigenvalue weighted by Crippen LogP contribution is -2.20. The lowest BCUT2D eigenvalue weighted by molar-refractivity contribution is 0.322. The van der Waals surface area contributed by atoms with E-state index in [2.05, 4.69) is 28.9 Å². The number of hydrogen-bond donors (Lipinski definition) is 1. The number of fused-ring (bicyclic) bond motifs is 1. The SMILES string of the molecule is Cc1occc1-c1nnc(Sc2nc(CN3CCCC3)nc3sc(C)c(C)c23)n1N. The Morgan fingerprint density at radius 3 is 2.70 bits per heavy atom. The Morgan fingerprint density at radius 1 is 1.17 bits per heavy atom. The Balaban J connectivity index is 1.55. The van der Waals surface area contributed by atoms with Crippen LogP contribution in [0.4, 0.5) is 0 Å². The highest BCUT2D eigenvalue weighted by Crippen LogP contribution is 2.38. The number of aryl methyl sites for hydroxylation is 3. The second kappa shape index (κ2) is 7.68. The van der Waals surface area contributed by atoms with E-state index in [0.29, 0.717) is 11.0 Å². The van der Waals surface area contributed by atoms with Gasteiger partial charge in [0.05, 0.1) is 18.4 Å². The molecule has 2 N–H and O–H groups in total. The fraction of sp³-hybridized carbons (Fsp3) is 0.400. The van der Waals surface area contributed by atoms with E-state index >= 15 is 0 Å². The maximum Gasteiger partial charge on any atom is 0.216 e. The molecule has 1 aliphatic rings. The third-order valence-electron chi connectivity index (χ3n) is 5.56. The van der Waals surface area contributed by atoms with Crippen LogP contribution >= 0.6 is 23.1 Å². The minimum Gasteiger partial charge on any atom is -0.469 e. The molecular weight excluding hydrogens is 418 g/mol. The highest BCUT2D eigenvalue weighted by atomic mass is 32.2. The number of rotatable bonds is 5. The molecule has 4 aromatic rings. The molecule has 0 aliphatic carbocycles. The van der Waals surface area contributed by atoms with Crippen LogP contribution in [0.3, 0.4) is 0 Å². The molecule has 8 nitrogen and oxygen atoms in total. The summed E-state index contributed by atoms with van der Waals surface area (Å²) in [6, 6.07) is 1.85. The third-order valence-corrected chi connectivity index (χ3v) is 7.61. The molecular formula is C20H23N7OS2. The predicted octanol–water partition coefficient (Wildman–Crippen LogP) is 3.93. The van der Waals surface area contributed by atoms with Crippen molar-refractivity contribution in [2.24, 2.45) is 0 Å². The van der Waals surface area contributed by atoms with Crippen LogP contribution in [0.1, 0.15) is 34.9 Å². The molecule has 0 unspecified atom stereocenters. The van der Waals surface area contributed by atoms with Crippen LogP contribution in [-0.4, -0.2) is 42.8 Å². The summed E-state index contributed by atoms with van der Waals surface area (Å²) in [5.41, 5.74) is 2.04. The lowest BCUT2D eigenvalue weighted by Gasteiger charge is -2.14. The van der Waals surface area contributed by atoms with Crippen LogP contribution in [0.2, 0.25) is 0 Å². The van der Waals surface area contributed by atoms with Crippen LogP contribution in [0.25, 0.3) is 21.6 Å². The molecule has 0 amide bonds. The van der Waals surface area contributed by atoms with Gasteiger partial charge in [0.15, 0.2) is 5.82 Å². The molecule has 156 valence electrons. The zero-order valence-electron chi connectivity index (χ0n) is 17.2. The summed E-state index contributed by atoms with van der Waals surface area (Å²) in [7, 11) is 0. The van der Waals surface area contributed by atoms with Gasteiger partial charge in [0.25, 0.3) is 0 Å². The summed E-state index contributed by atoms with van der Waals surface area (Å²) in [4.78, 5) is 14.5. The first-order valence-electron chi connectivity index (χ1n) is 9.93. The summed E-state index contributed by atoms with van der Waals surface area (Å²) < 4.78 is 6.89. The van der Waals surface area contributed by atoms with Crippen LogP contribution in [0, 0.1) is 20.8 Å². The van der Waals surface area contributed by atoms with E-state index in [-0.39, 0.29) is 0 Å². The number of thiophene rings is 1. The van der Waals surface area contributed by atoms with Crippen molar-refractivity contribution in [2.75, 3.05) is 18.9 Å². The Hall–Kier alpha value is -2.43. The van der Waals surface area contributed by atoms with Gasteiger partial charge in [0, 0.05) is 10.3 Å². The van der Waals surface area contributed by atoms with Gasteiger partial charge in [-0.3, -0.25) is 4.90 Å². The van der Waals surface area contributed by atoms with Gasteiger partial charge < -0.3 is 10.3 Å². The standard InChI is InChI=1S/C20H23N7OS2/c1-11-13(3)29-18-16(11)19(23-15(22-18)10-26-7-4-5-8-26)30-20-25-24-17(27(20)21)14-6-9-28-12(14)2/h6,9H,4-5,7-8,10,21H2,1-3H3. The van der Waals surface area contributed by atoms with E-state index < -0.39 is 0 Å². The van der Waals surface area contributed by atoms with Crippen molar-refractivity contribution in [3.05, 3.63) is 34.4 Å². The maximum absolute atomic E-state index is 6.35. The fourth-order valence-corrected chi connectivity index (χ4v) is 5.83. The molecule has 0 radical (unpaired) electrons. The Morgan fingerprint density at radius 2 is 1.97 bits per heavy atom. The maximum atomic E-state index is 6.35. The normalized spacial score (nSPS) is 14.9. The molecule has 1 fully saturated rings. The minimum absolute atomic E-state index is 0.574. The van der Waals surface area contributed by atoms with Crippen LogP contribution in [0.15, 0.2) is 26.9 Å². The summed E-state index contributed by atoms with van der Waals surface area (Å²) in [5.74, 6) is 8.53. The zero-order valence-corrected chi connectivity index (χ0v) is 18.8. The van der Waals surface area contributed by atoms with Gasteiger partial charge in [-0.15, -0.1) is 21.5 Å². The molecule has 0 saturated carbocycles. The quantitative estimate of drug-likeness (QED) is 0.367. The first-order valence-corrected chi connectivity index (χ1v) is 11.6. The van der Waals surface area contributed by atoms with E-state index in [9.17, 15) is 0 Å². The number of likely N-dealkylation sites (tertiary alicyclic amines) is 1. The van der Waals surface area contributed by atoms with Gasteiger partial charge in [-0.05, 0) is 70.1 Å². The predicted molar refractivity (Wildman–Crippen MR) is 118 cm³/mol. The Bertz CT molecular complexity index is 1220. The van der Waals surface area contributed by atoms with Crippen LogP contribution < -0.4 is 5.84 Å². The van der Waals surface area contributed by atoms with Gasteiger partial charge in [-0.1, -0.05) is 0 Å². The molecule has 10 heteroatoms. The number of furan rings is 1. The average Bonchev–Trinajstić information content (AvgIpc) is 3.48. The van der Waals surface area contributed by atoms with Crippen molar-refractivity contribution in [3.8, 4) is 11.4 Å². The summed E-state index contributed by atoms with van der Waals surface area (Å²) in [6.45, 7) is 9.12. The van der Waals surface area contributed by atoms with Gasteiger partial charge in [-0.2, -0.15) is 0 Å². The molecule has 0 aromatic carbocycles. The number of aromatic nitrogens is 5. The first kappa shape index (κ1) is 19.5. The molecule has 0 spiro atoms. The monoisotopic (exact) mass is 441 g/mol. The van der Waals surface area contributed by atoms with Crippen molar-refractivity contribution in [1.29, 1.82) is 0 Å². The number of nitrogen functional groups attached to an aromatic ring is 1. The van der Waals surface area contributed by atoms with Crippen molar-refractivity contribution < 1.29 is 4.42 Å². The first-order chi connectivity index (χ1) is 14.5. The molecule has 0 bridgehead atoms. The van der Waals surface area contributed by atoms with Crippen LogP contribution in [-0.2, 0) is 6.54 Å².